The van der Waals surface area contributed by atoms with Crippen molar-refractivity contribution >= 4 is 29.6 Å². The Morgan fingerprint density at radius 1 is 0.789 bits per heavy atom. The molecule has 1 radical (unpaired) electrons. The maximum absolute atomic E-state index is 3.30. The summed E-state index contributed by atoms with van der Waals surface area (Å²) in [6.45, 7) is 2.28. The van der Waals surface area contributed by atoms with Crippen LogP contribution in [0.25, 0.3) is 0 Å². The summed E-state index contributed by atoms with van der Waals surface area (Å²) in [7, 11) is 0. The summed E-state index contributed by atoms with van der Waals surface area (Å²) in [5.74, 6) is 0. The molecule has 0 aliphatic rings. The average Bonchev–Trinajstić information content (AvgIpc) is 2.42. The zero-order chi connectivity index (χ0) is 12.9. The Kier molecular flexibility index (Phi) is 14.8. The summed E-state index contributed by atoms with van der Waals surface area (Å²) < 4.78 is 0. The van der Waals surface area contributed by atoms with Crippen LogP contribution in [-0.2, 0) is 6.42 Å². The molecular weight excluding hydrogens is 239 g/mol. The Morgan fingerprint density at radius 2 is 1.37 bits per heavy atom. The van der Waals surface area contributed by atoms with Crippen LogP contribution in [-0.4, -0.2) is 29.6 Å². The van der Waals surface area contributed by atoms with Crippen molar-refractivity contribution in [2.24, 2.45) is 0 Å². The molecule has 103 valence electrons. The molecule has 1 aromatic rings. The van der Waals surface area contributed by atoms with Crippen molar-refractivity contribution in [2.75, 3.05) is 0 Å². The molecule has 0 atom stereocenters. The molecule has 0 fully saturated rings. The van der Waals surface area contributed by atoms with E-state index in [1.54, 1.807) is 0 Å². The fourth-order valence-electron chi connectivity index (χ4n) is 2.39. The molecule has 0 aliphatic carbocycles. The second kappa shape index (κ2) is 14.6. The van der Waals surface area contributed by atoms with Gasteiger partial charge in [-0.1, -0.05) is 89.0 Å². The molecular formula is C18H30Na. The van der Waals surface area contributed by atoms with Crippen LogP contribution in [0.1, 0.15) is 76.7 Å². The SMILES string of the molecule is CCCCCCCCCCCCc1[c]cccc1.[NaH]. The van der Waals surface area contributed by atoms with Gasteiger partial charge in [-0.05, 0) is 24.5 Å². The zero-order valence-corrected chi connectivity index (χ0v) is 12.1. The van der Waals surface area contributed by atoms with E-state index >= 15 is 0 Å². The van der Waals surface area contributed by atoms with E-state index in [1.165, 1.54) is 76.2 Å². The number of hydrogen-bond acceptors (Lipinski definition) is 0. The third-order valence-electron chi connectivity index (χ3n) is 3.57. The Labute approximate surface area is 142 Å². The van der Waals surface area contributed by atoms with E-state index in [2.05, 4.69) is 25.1 Å². The number of unbranched alkanes of at least 4 members (excludes halogenated alkanes) is 9. The molecule has 0 aromatic heterocycles. The molecule has 0 nitrogen and oxygen atoms in total. The first-order valence-corrected chi connectivity index (χ1v) is 7.89. The minimum absolute atomic E-state index is 0. The molecule has 0 N–H and O–H groups in total. The van der Waals surface area contributed by atoms with Crippen LogP contribution in [0.3, 0.4) is 0 Å². The van der Waals surface area contributed by atoms with Crippen molar-refractivity contribution < 1.29 is 0 Å². The van der Waals surface area contributed by atoms with E-state index in [9.17, 15) is 0 Å². The van der Waals surface area contributed by atoms with Crippen molar-refractivity contribution in [2.45, 2.75) is 77.6 Å². The molecule has 1 heteroatoms. The monoisotopic (exact) mass is 269 g/mol. The molecule has 0 unspecified atom stereocenters. The number of hydrogen-bond donors (Lipinski definition) is 0. The van der Waals surface area contributed by atoms with E-state index < -0.39 is 0 Å². The Balaban J connectivity index is 0.00000324. The second-order valence-electron chi connectivity index (χ2n) is 5.32. The summed E-state index contributed by atoms with van der Waals surface area (Å²) >= 11 is 0. The van der Waals surface area contributed by atoms with E-state index in [-0.39, 0.29) is 29.6 Å². The summed E-state index contributed by atoms with van der Waals surface area (Å²) in [4.78, 5) is 0. The molecule has 19 heavy (non-hydrogen) atoms. The van der Waals surface area contributed by atoms with Crippen LogP contribution < -0.4 is 0 Å². The van der Waals surface area contributed by atoms with Crippen LogP contribution >= 0.6 is 0 Å². The number of benzene rings is 1. The first-order chi connectivity index (χ1) is 8.93. The van der Waals surface area contributed by atoms with Gasteiger partial charge in [-0.3, -0.25) is 0 Å². The van der Waals surface area contributed by atoms with Crippen molar-refractivity contribution in [3.63, 3.8) is 0 Å². The third kappa shape index (κ3) is 11.7. The summed E-state index contributed by atoms with van der Waals surface area (Å²) in [6, 6.07) is 11.7. The fraction of sp³-hybridized carbons (Fsp3) is 0.667. The minimum atomic E-state index is 0. The van der Waals surface area contributed by atoms with Crippen LogP contribution in [0.15, 0.2) is 24.3 Å². The molecule has 0 spiro atoms. The van der Waals surface area contributed by atoms with Crippen molar-refractivity contribution in [1.82, 2.24) is 0 Å². The molecule has 0 amide bonds. The van der Waals surface area contributed by atoms with Gasteiger partial charge >= 0.3 is 29.6 Å². The Bertz CT molecular complexity index is 268. The fourth-order valence-corrected chi connectivity index (χ4v) is 2.39. The predicted molar refractivity (Wildman–Crippen MR) is 88.0 cm³/mol. The Morgan fingerprint density at radius 3 is 1.89 bits per heavy atom. The van der Waals surface area contributed by atoms with Gasteiger partial charge < -0.3 is 0 Å². The third-order valence-corrected chi connectivity index (χ3v) is 3.57. The number of rotatable bonds is 11. The summed E-state index contributed by atoms with van der Waals surface area (Å²) in [5.41, 5.74) is 1.37. The van der Waals surface area contributed by atoms with Crippen molar-refractivity contribution in [3.8, 4) is 0 Å². The molecule has 0 saturated heterocycles. The standard InChI is InChI=1S/C18H29.Na.H/c1-2-3-4-5-6-7-8-9-10-12-15-18-16-13-11-14-17-18;;/h11,13-14,16H,2-10,12,15H2,1H3;;. The van der Waals surface area contributed by atoms with Gasteiger partial charge in [0, 0.05) is 0 Å². The quantitative estimate of drug-likeness (QED) is 0.377. The van der Waals surface area contributed by atoms with Crippen LogP contribution in [0.4, 0.5) is 0 Å². The summed E-state index contributed by atoms with van der Waals surface area (Å²) in [6.07, 6.45) is 15.3. The van der Waals surface area contributed by atoms with Gasteiger partial charge in [0.1, 0.15) is 0 Å². The number of aryl methyl sites for hydroxylation is 1. The van der Waals surface area contributed by atoms with Gasteiger partial charge in [0.2, 0.25) is 0 Å². The molecule has 0 saturated carbocycles. The van der Waals surface area contributed by atoms with E-state index in [0.717, 1.165) is 0 Å². The van der Waals surface area contributed by atoms with E-state index in [0.29, 0.717) is 0 Å². The molecule has 1 rings (SSSR count). The van der Waals surface area contributed by atoms with Crippen molar-refractivity contribution in [3.05, 3.63) is 35.9 Å². The first-order valence-electron chi connectivity index (χ1n) is 7.89. The van der Waals surface area contributed by atoms with Crippen molar-refractivity contribution in [1.29, 1.82) is 0 Å². The summed E-state index contributed by atoms with van der Waals surface area (Å²) in [5, 5.41) is 0. The molecule has 0 bridgehead atoms. The van der Waals surface area contributed by atoms with Gasteiger partial charge in [-0.2, -0.15) is 0 Å². The normalized spacial score (nSPS) is 10.2. The van der Waals surface area contributed by atoms with Gasteiger partial charge in [0.25, 0.3) is 0 Å². The topological polar surface area (TPSA) is 0 Å². The molecule has 0 heterocycles. The Hall–Kier alpha value is 0.220. The molecule has 1 aromatic carbocycles. The maximum atomic E-state index is 3.30. The van der Waals surface area contributed by atoms with Gasteiger partial charge in [-0.15, -0.1) is 0 Å². The zero-order valence-electron chi connectivity index (χ0n) is 12.1. The molecule has 0 aliphatic heterocycles. The van der Waals surface area contributed by atoms with Gasteiger partial charge in [-0.25, -0.2) is 0 Å². The predicted octanol–water partition coefficient (Wildman–Crippen LogP) is 5.30. The first kappa shape index (κ1) is 19.2. The van der Waals surface area contributed by atoms with Gasteiger partial charge in [0.05, 0.1) is 0 Å². The van der Waals surface area contributed by atoms with Crippen LogP contribution in [0.5, 0.6) is 0 Å². The second-order valence-corrected chi connectivity index (χ2v) is 5.32. The van der Waals surface area contributed by atoms with E-state index in [4.69, 9.17) is 0 Å². The van der Waals surface area contributed by atoms with Gasteiger partial charge in [0.15, 0.2) is 0 Å². The van der Waals surface area contributed by atoms with E-state index in [1.807, 2.05) is 12.1 Å². The van der Waals surface area contributed by atoms with Crippen LogP contribution in [0, 0.1) is 6.07 Å². The van der Waals surface area contributed by atoms with Crippen LogP contribution in [0.2, 0.25) is 0 Å². The average molecular weight is 269 g/mol.